The average molecular weight is 235 g/mol. The third kappa shape index (κ3) is 2.23. The van der Waals surface area contributed by atoms with E-state index in [1.165, 1.54) is 0 Å². The molecule has 1 heterocycles. The molecule has 5 heteroatoms. The zero-order valence-electron chi connectivity index (χ0n) is 8.81. The molecule has 0 atom stereocenters. The standard InChI is InChI=1S/C11H11ClN4/c1-8-3-4-11(12)10(5-8)9(2)15-16-6-13-14-7-16/h3-7,15H,2H2,1H3. The van der Waals surface area contributed by atoms with Crippen molar-refractivity contribution in [3.63, 3.8) is 0 Å². The Bertz CT molecular complexity index is 505. The summed E-state index contributed by atoms with van der Waals surface area (Å²) in [5, 5.41) is 8.03. The van der Waals surface area contributed by atoms with Gasteiger partial charge in [0, 0.05) is 10.6 Å². The first-order chi connectivity index (χ1) is 7.66. The molecule has 0 fully saturated rings. The lowest BCUT2D eigenvalue weighted by atomic mass is 10.1. The highest BCUT2D eigenvalue weighted by molar-refractivity contribution is 6.32. The molecule has 2 aromatic rings. The number of halogens is 1. The monoisotopic (exact) mass is 234 g/mol. The van der Waals surface area contributed by atoms with Crippen LogP contribution in [0.1, 0.15) is 11.1 Å². The lowest BCUT2D eigenvalue weighted by Crippen LogP contribution is -2.10. The molecule has 1 N–H and O–H groups in total. The van der Waals surface area contributed by atoms with Crippen molar-refractivity contribution in [2.45, 2.75) is 6.92 Å². The summed E-state index contributed by atoms with van der Waals surface area (Å²) in [5.41, 5.74) is 5.72. The zero-order chi connectivity index (χ0) is 11.5. The first-order valence-corrected chi connectivity index (χ1v) is 5.11. The number of aryl methyl sites for hydroxylation is 1. The van der Waals surface area contributed by atoms with Gasteiger partial charge in [0.25, 0.3) is 0 Å². The number of nitrogens with zero attached hydrogens (tertiary/aromatic N) is 3. The van der Waals surface area contributed by atoms with E-state index in [2.05, 4.69) is 22.2 Å². The molecule has 16 heavy (non-hydrogen) atoms. The van der Waals surface area contributed by atoms with Crippen LogP contribution in [0.5, 0.6) is 0 Å². The van der Waals surface area contributed by atoms with E-state index in [-0.39, 0.29) is 0 Å². The van der Waals surface area contributed by atoms with Crippen LogP contribution in [0.25, 0.3) is 5.70 Å². The topological polar surface area (TPSA) is 42.7 Å². The summed E-state index contributed by atoms with van der Waals surface area (Å²) in [4.78, 5) is 0. The van der Waals surface area contributed by atoms with Gasteiger partial charge in [0.1, 0.15) is 12.7 Å². The lowest BCUT2D eigenvalue weighted by molar-refractivity contribution is 0.957. The Morgan fingerprint density at radius 2 is 2.06 bits per heavy atom. The molecule has 0 amide bonds. The fraction of sp³-hybridized carbons (Fsp3) is 0.0909. The number of rotatable bonds is 3. The quantitative estimate of drug-likeness (QED) is 0.887. The van der Waals surface area contributed by atoms with Crippen molar-refractivity contribution in [3.8, 4) is 0 Å². The summed E-state index contributed by atoms with van der Waals surface area (Å²) in [6.45, 7) is 5.94. The van der Waals surface area contributed by atoms with Gasteiger partial charge in [-0.25, -0.2) is 4.68 Å². The van der Waals surface area contributed by atoms with Crippen LogP contribution in [0.15, 0.2) is 37.4 Å². The SMILES string of the molecule is C=C(Nn1cnnc1)c1cc(C)ccc1Cl. The van der Waals surface area contributed by atoms with Crippen LogP contribution in [-0.4, -0.2) is 14.9 Å². The van der Waals surface area contributed by atoms with Gasteiger partial charge >= 0.3 is 0 Å². The van der Waals surface area contributed by atoms with Crippen molar-refractivity contribution in [1.82, 2.24) is 14.9 Å². The first-order valence-electron chi connectivity index (χ1n) is 4.74. The van der Waals surface area contributed by atoms with Gasteiger partial charge < -0.3 is 0 Å². The van der Waals surface area contributed by atoms with E-state index in [9.17, 15) is 0 Å². The van der Waals surface area contributed by atoms with E-state index in [0.29, 0.717) is 10.7 Å². The van der Waals surface area contributed by atoms with Gasteiger partial charge in [0.15, 0.2) is 0 Å². The van der Waals surface area contributed by atoms with E-state index in [1.54, 1.807) is 17.3 Å². The van der Waals surface area contributed by atoms with Crippen LogP contribution in [0.4, 0.5) is 0 Å². The normalized spacial score (nSPS) is 10.1. The molecule has 0 aliphatic heterocycles. The number of aromatic nitrogens is 3. The minimum absolute atomic E-state index is 0.663. The molecule has 2 rings (SSSR count). The third-order valence-electron chi connectivity index (χ3n) is 2.13. The van der Waals surface area contributed by atoms with Gasteiger partial charge in [-0.1, -0.05) is 29.8 Å². The van der Waals surface area contributed by atoms with Crippen LogP contribution < -0.4 is 5.43 Å². The third-order valence-corrected chi connectivity index (χ3v) is 2.46. The average Bonchev–Trinajstić information content (AvgIpc) is 2.74. The summed E-state index contributed by atoms with van der Waals surface area (Å²) in [6.07, 6.45) is 3.10. The Labute approximate surface area is 98.5 Å². The van der Waals surface area contributed by atoms with Crippen molar-refractivity contribution in [3.05, 3.63) is 53.6 Å². The molecule has 0 saturated carbocycles. The second-order valence-electron chi connectivity index (χ2n) is 3.44. The maximum absolute atomic E-state index is 6.09. The maximum Gasteiger partial charge on any atom is 0.139 e. The van der Waals surface area contributed by atoms with Gasteiger partial charge in [-0.2, -0.15) is 0 Å². The second kappa shape index (κ2) is 4.37. The fourth-order valence-electron chi connectivity index (χ4n) is 1.34. The van der Waals surface area contributed by atoms with Crippen molar-refractivity contribution >= 4 is 17.3 Å². The summed E-state index contributed by atoms with van der Waals surface area (Å²) in [6, 6.07) is 5.78. The maximum atomic E-state index is 6.09. The van der Waals surface area contributed by atoms with Gasteiger partial charge in [0.2, 0.25) is 0 Å². The van der Waals surface area contributed by atoms with Crippen molar-refractivity contribution in [2.75, 3.05) is 5.43 Å². The van der Waals surface area contributed by atoms with Crippen LogP contribution in [-0.2, 0) is 0 Å². The van der Waals surface area contributed by atoms with Crippen LogP contribution in [0.2, 0.25) is 5.02 Å². The number of hydrogen-bond acceptors (Lipinski definition) is 3. The van der Waals surface area contributed by atoms with Crippen LogP contribution >= 0.6 is 11.6 Å². The smallest absolute Gasteiger partial charge is 0.139 e. The molecule has 0 aliphatic carbocycles. The Balaban J connectivity index is 2.24. The van der Waals surface area contributed by atoms with Crippen LogP contribution in [0, 0.1) is 6.92 Å². The molecule has 0 unspecified atom stereocenters. The van der Waals surface area contributed by atoms with Crippen molar-refractivity contribution in [1.29, 1.82) is 0 Å². The highest BCUT2D eigenvalue weighted by atomic mass is 35.5. The molecule has 4 nitrogen and oxygen atoms in total. The lowest BCUT2D eigenvalue weighted by Gasteiger charge is -2.11. The van der Waals surface area contributed by atoms with E-state index in [0.717, 1.165) is 11.1 Å². The number of benzene rings is 1. The predicted molar refractivity (Wildman–Crippen MR) is 64.6 cm³/mol. The summed E-state index contributed by atoms with van der Waals surface area (Å²) >= 11 is 6.09. The van der Waals surface area contributed by atoms with E-state index in [4.69, 9.17) is 11.6 Å². The van der Waals surface area contributed by atoms with Crippen molar-refractivity contribution in [2.24, 2.45) is 0 Å². The first kappa shape index (κ1) is 10.7. The van der Waals surface area contributed by atoms with Gasteiger partial charge in [-0.15, -0.1) is 10.2 Å². The molecular formula is C11H11ClN4. The fourth-order valence-corrected chi connectivity index (χ4v) is 1.58. The Kier molecular flexibility index (Phi) is 2.92. The minimum Gasteiger partial charge on any atom is -0.292 e. The largest absolute Gasteiger partial charge is 0.292 e. The van der Waals surface area contributed by atoms with Gasteiger partial charge in [-0.3, -0.25) is 5.43 Å². The second-order valence-corrected chi connectivity index (χ2v) is 3.85. The summed E-state index contributed by atoms with van der Waals surface area (Å²) in [5.74, 6) is 0. The highest BCUT2D eigenvalue weighted by Gasteiger charge is 2.04. The highest BCUT2D eigenvalue weighted by Crippen LogP contribution is 2.22. The molecule has 0 aliphatic rings. The van der Waals surface area contributed by atoms with E-state index in [1.807, 2.05) is 25.1 Å². The molecular weight excluding hydrogens is 224 g/mol. The molecule has 0 radical (unpaired) electrons. The Morgan fingerprint density at radius 1 is 1.38 bits per heavy atom. The van der Waals surface area contributed by atoms with E-state index >= 15 is 0 Å². The predicted octanol–water partition coefficient (Wildman–Crippen LogP) is 2.45. The summed E-state index contributed by atoms with van der Waals surface area (Å²) in [7, 11) is 0. The molecule has 0 saturated heterocycles. The number of nitrogens with one attached hydrogen (secondary N) is 1. The van der Waals surface area contributed by atoms with E-state index < -0.39 is 0 Å². The molecule has 0 bridgehead atoms. The molecule has 1 aromatic carbocycles. The van der Waals surface area contributed by atoms with Gasteiger partial charge in [0.05, 0.1) is 5.70 Å². The Hall–Kier alpha value is -1.81. The van der Waals surface area contributed by atoms with Crippen LogP contribution in [0.3, 0.4) is 0 Å². The minimum atomic E-state index is 0.663. The Morgan fingerprint density at radius 3 is 2.75 bits per heavy atom. The zero-order valence-corrected chi connectivity index (χ0v) is 9.57. The molecule has 1 aromatic heterocycles. The van der Waals surface area contributed by atoms with Gasteiger partial charge in [-0.05, 0) is 19.1 Å². The summed E-state index contributed by atoms with van der Waals surface area (Å²) < 4.78 is 1.61. The molecule has 0 spiro atoms. The number of hydrogen-bond donors (Lipinski definition) is 1. The van der Waals surface area contributed by atoms with Crippen molar-refractivity contribution < 1.29 is 0 Å². The molecule has 82 valence electrons.